The van der Waals surface area contributed by atoms with Crippen LogP contribution in [0, 0.1) is 6.92 Å². The second-order valence-electron chi connectivity index (χ2n) is 8.56. The lowest BCUT2D eigenvalue weighted by atomic mass is 9.93. The van der Waals surface area contributed by atoms with Gasteiger partial charge in [-0.25, -0.2) is 0 Å². The number of amides is 2. The van der Waals surface area contributed by atoms with Gasteiger partial charge in [0.05, 0.1) is 25.0 Å². The number of aryl methyl sites for hydroxylation is 1. The van der Waals surface area contributed by atoms with Crippen LogP contribution in [0.2, 0.25) is 0 Å². The van der Waals surface area contributed by atoms with Crippen LogP contribution < -0.4 is 4.74 Å². The van der Waals surface area contributed by atoms with Gasteiger partial charge >= 0.3 is 0 Å². The Kier molecular flexibility index (Phi) is 4.70. The predicted molar refractivity (Wildman–Crippen MR) is 123 cm³/mol. The first kappa shape index (κ1) is 21.1. The molecule has 0 N–H and O–H groups in total. The van der Waals surface area contributed by atoms with E-state index >= 15 is 0 Å². The fraction of sp³-hybridized carbons (Fsp3) is 0.240. The van der Waals surface area contributed by atoms with Crippen molar-refractivity contribution in [3.05, 3.63) is 83.5 Å². The van der Waals surface area contributed by atoms with Crippen molar-refractivity contribution in [3.8, 4) is 17.1 Å². The van der Waals surface area contributed by atoms with Gasteiger partial charge in [0.2, 0.25) is 0 Å². The van der Waals surface area contributed by atoms with Crippen LogP contribution in [0.15, 0.2) is 65.5 Å². The fourth-order valence-corrected chi connectivity index (χ4v) is 5.03. The van der Waals surface area contributed by atoms with Gasteiger partial charge in [0.1, 0.15) is 29.0 Å². The van der Waals surface area contributed by atoms with E-state index in [1.165, 1.54) is 6.26 Å². The van der Waals surface area contributed by atoms with Crippen molar-refractivity contribution in [2.75, 3.05) is 20.2 Å². The first-order valence-electron chi connectivity index (χ1n) is 11.2. The second kappa shape index (κ2) is 7.79. The number of carbonyl (C=O) groups excluding carboxylic acids is 2. The number of hydrogen-bond donors (Lipinski definition) is 0. The molecule has 0 spiro atoms. The lowest BCUT2D eigenvalue weighted by molar-refractivity contribution is -0.00851. The van der Waals surface area contributed by atoms with Gasteiger partial charge in [-0.15, -0.1) is 0 Å². The molecule has 0 radical (unpaired) electrons. The van der Waals surface area contributed by atoms with E-state index in [0.717, 1.165) is 5.56 Å². The molecule has 1 atom stereocenters. The first-order valence-corrected chi connectivity index (χ1v) is 11.2. The van der Waals surface area contributed by atoms with Gasteiger partial charge in [-0.1, -0.05) is 23.4 Å². The summed E-state index contributed by atoms with van der Waals surface area (Å²) in [5.74, 6) is 0.233. The number of methoxy groups -OCH3 is 1. The van der Waals surface area contributed by atoms with Crippen LogP contribution in [0.5, 0.6) is 5.75 Å². The molecule has 1 fully saturated rings. The largest absolute Gasteiger partial charge is 0.497 e. The Labute approximate surface area is 200 Å². The molecule has 1 saturated heterocycles. The summed E-state index contributed by atoms with van der Waals surface area (Å²) in [5.41, 5.74) is 2.31. The Morgan fingerprint density at radius 2 is 1.94 bits per heavy atom. The maximum atomic E-state index is 13.8. The number of benzene rings is 1. The normalized spacial score (nSPS) is 19.0. The highest BCUT2D eigenvalue weighted by atomic mass is 16.5. The molecule has 1 unspecified atom stereocenters. The standard InChI is InChI=1S/C25H22N6O4/c1-16-19(14-35-28-16)23(32)29-11-12-30-24(33)22-13-21(20-5-3-4-10-26-20)27-31(22)15-25(29,30)17-6-8-18(34-2)9-7-17/h3-10,13-14H,11-12,15H2,1-2H3. The highest BCUT2D eigenvalue weighted by Gasteiger charge is 2.57. The summed E-state index contributed by atoms with van der Waals surface area (Å²) in [6.45, 7) is 2.73. The highest BCUT2D eigenvalue weighted by Crippen LogP contribution is 2.44. The molecule has 5 heterocycles. The molecule has 176 valence electrons. The number of fused-ring (bicyclic) bond motifs is 2. The second-order valence-corrected chi connectivity index (χ2v) is 8.56. The lowest BCUT2D eigenvalue weighted by Gasteiger charge is -2.46. The van der Waals surface area contributed by atoms with Crippen LogP contribution in [0.4, 0.5) is 0 Å². The molecule has 2 aliphatic rings. The van der Waals surface area contributed by atoms with Crippen LogP contribution >= 0.6 is 0 Å². The molecule has 35 heavy (non-hydrogen) atoms. The van der Waals surface area contributed by atoms with Crippen molar-refractivity contribution in [2.24, 2.45) is 0 Å². The molecular weight excluding hydrogens is 448 g/mol. The van der Waals surface area contributed by atoms with Crippen molar-refractivity contribution >= 4 is 11.8 Å². The Morgan fingerprint density at radius 1 is 1.11 bits per heavy atom. The molecule has 2 aliphatic heterocycles. The number of pyridine rings is 1. The lowest BCUT2D eigenvalue weighted by Crippen LogP contribution is -2.60. The topological polar surface area (TPSA) is 107 Å². The molecular formula is C25H22N6O4. The number of nitrogens with zero attached hydrogens (tertiary/aromatic N) is 6. The number of rotatable bonds is 4. The summed E-state index contributed by atoms with van der Waals surface area (Å²) >= 11 is 0. The Bertz CT molecular complexity index is 1430. The molecule has 3 aromatic heterocycles. The SMILES string of the molecule is COc1ccc(C23Cn4nc(-c5ccccn5)cc4C(=O)N2CCN3C(=O)c2conc2C)cc1. The van der Waals surface area contributed by atoms with Gasteiger partial charge in [-0.2, -0.15) is 5.10 Å². The maximum Gasteiger partial charge on any atom is 0.274 e. The number of hydrogen-bond acceptors (Lipinski definition) is 7. The van der Waals surface area contributed by atoms with E-state index in [0.29, 0.717) is 47.2 Å². The molecule has 10 heteroatoms. The van der Waals surface area contributed by atoms with E-state index in [4.69, 9.17) is 14.4 Å². The van der Waals surface area contributed by atoms with Gasteiger partial charge in [0.15, 0.2) is 5.66 Å². The molecule has 2 amide bonds. The van der Waals surface area contributed by atoms with Gasteiger partial charge in [0.25, 0.3) is 11.8 Å². The summed E-state index contributed by atoms with van der Waals surface area (Å²) in [7, 11) is 1.60. The van der Waals surface area contributed by atoms with E-state index in [1.54, 1.807) is 40.8 Å². The average Bonchev–Trinajstić information content (AvgIpc) is 3.62. The summed E-state index contributed by atoms with van der Waals surface area (Å²) in [4.78, 5) is 35.4. The monoisotopic (exact) mass is 470 g/mol. The smallest absolute Gasteiger partial charge is 0.274 e. The van der Waals surface area contributed by atoms with Gasteiger partial charge in [-0.3, -0.25) is 19.3 Å². The third-order valence-electron chi connectivity index (χ3n) is 6.76. The highest BCUT2D eigenvalue weighted by molar-refractivity contribution is 5.99. The van der Waals surface area contributed by atoms with Crippen LogP contribution in [0.1, 0.15) is 32.1 Å². The number of aromatic nitrogens is 4. The van der Waals surface area contributed by atoms with Crippen LogP contribution in [-0.4, -0.2) is 61.7 Å². The summed E-state index contributed by atoms with van der Waals surface area (Å²) < 4.78 is 12.1. The minimum Gasteiger partial charge on any atom is -0.497 e. The minimum atomic E-state index is -1.08. The summed E-state index contributed by atoms with van der Waals surface area (Å²) in [6.07, 6.45) is 3.04. The molecule has 0 saturated carbocycles. The van der Waals surface area contributed by atoms with Crippen molar-refractivity contribution in [1.29, 1.82) is 0 Å². The van der Waals surface area contributed by atoms with E-state index in [1.807, 2.05) is 42.5 Å². The van der Waals surface area contributed by atoms with Crippen molar-refractivity contribution in [1.82, 2.24) is 29.7 Å². The molecule has 4 aromatic rings. The minimum absolute atomic E-state index is 0.195. The molecule has 10 nitrogen and oxygen atoms in total. The molecule has 0 bridgehead atoms. The predicted octanol–water partition coefficient (Wildman–Crippen LogP) is 2.71. The van der Waals surface area contributed by atoms with E-state index in [2.05, 4.69) is 10.1 Å². The molecule has 6 rings (SSSR count). The summed E-state index contributed by atoms with van der Waals surface area (Å²) in [5, 5.41) is 8.60. The zero-order valence-electron chi connectivity index (χ0n) is 19.2. The van der Waals surface area contributed by atoms with Gasteiger partial charge in [0, 0.05) is 24.8 Å². The third-order valence-corrected chi connectivity index (χ3v) is 6.76. The van der Waals surface area contributed by atoms with Crippen molar-refractivity contribution < 1.29 is 18.8 Å². The van der Waals surface area contributed by atoms with Crippen molar-refractivity contribution in [2.45, 2.75) is 19.1 Å². The van der Waals surface area contributed by atoms with E-state index < -0.39 is 5.66 Å². The fourth-order valence-electron chi connectivity index (χ4n) is 5.03. The number of carbonyl (C=O) groups is 2. The zero-order chi connectivity index (χ0) is 24.2. The molecule has 0 aliphatic carbocycles. The summed E-state index contributed by atoms with van der Waals surface area (Å²) in [6, 6.07) is 14.8. The zero-order valence-corrected chi connectivity index (χ0v) is 19.2. The van der Waals surface area contributed by atoms with Crippen LogP contribution in [0.3, 0.4) is 0 Å². The van der Waals surface area contributed by atoms with Gasteiger partial charge < -0.3 is 19.1 Å². The van der Waals surface area contributed by atoms with E-state index in [-0.39, 0.29) is 18.4 Å². The quantitative estimate of drug-likeness (QED) is 0.451. The number of ether oxygens (including phenoxy) is 1. The van der Waals surface area contributed by atoms with Crippen LogP contribution in [-0.2, 0) is 12.2 Å². The molecule has 1 aromatic carbocycles. The Balaban J connectivity index is 1.51. The average molecular weight is 470 g/mol. The Hall–Kier alpha value is -4.47. The first-order chi connectivity index (χ1) is 17.0. The Morgan fingerprint density at radius 3 is 2.63 bits per heavy atom. The third kappa shape index (κ3) is 3.06. The van der Waals surface area contributed by atoms with Gasteiger partial charge in [-0.05, 0) is 37.3 Å². The van der Waals surface area contributed by atoms with Crippen LogP contribution in [0.25, 0.3) is 11.4 Å². The maximum absolute atomic E-state index is 13.8. The van der Waals surface area contributed by atoms with E-state index in [9.17, 15) is 9.59 Å². The van der Waals surface area contributed by atoms with Crippen molar-refractivity contribution in [3.63, 3.8) is 0 Å².